The second-order valence-electron chi connectivity index (χ2n) is 15.7. The number of anilines is 1. The van der Waals surface area contributed by atoms with Crippen LogP contribution < -0.4 is 9.64 Å². The SMILES string of the molecule is C=CCC(OC(C)=O)[C@@H]1[C@@H](N(Cc2ccc(-c3cccc(C(F)(F)F)c3)o2)C(=O)c2cccc3ccccc23)c2cc(OCCCO)ccc2N1C(=O)c1ccc(-c2ccccc2)cc1. The first kappa shape index (κ1) is 44.2. The number of hydrogen-bond donors (Lipinski definition) is 1. The van der Waals surface area contributed by atoms with Gasteiger partial charge in [-0.2, -0.15) is 13.2 Å². The molecule has 12 heteroatoms. The number of hydrogen-bond acceptors (Lipinski definition) is 7. The van der Waals surface area contributed by atoms with Gasteiger partial charge in [0.05, 0.1) is 36.5 Å². The van der Waals surface area contributed by atoms with Gasteiger partial charge >= 0.3 is 12.1 Å². The molecule has 1 N–H and O–H groups in total. The van der Waals surface area contributed by atoms with Crippen LogP contribution in [0.2, 0.25) is 0 Å². The Bertz CT molecular complexity index is 2830. The zero-order chi connectivity index (χ0) is 45.7. The summed E-state index contributed by atoms with van der Waals surface area (Å²) >= 11 is 0. The Morgan fingerprint density at radius 2 is 1.54 bits per heavy atom. The Morgan fingerprint density at radius 3 is 2.28 bits per heavy atom. The van der Waals surface area contributed by atoms with E-state index in [1.807, 2.05) is 72.8 Å². The lowest BCUT2D eigenvalue weighted by atomic mass is 9.93. The lowest BCUT2D eigenvalue weighted by Crippen LogP contribution is -2.52. The molecular formula is C53H45F3N2O7. The Hall–Kier alpha value is -7.44. The number of benzene rings is 6. The average molecular weight is 879 g/mol. The number of furan rings is 1. The zero-order valence-corrected chi connectivity index (χ0v) is 35.4. The van der Waals surface area contributed by atoms with Gasteiger partial charge < -0.3 is 23.9 Å². The van der Waals surface area contributed by atoms with Crippen LogP contribution in [-0.2, 0) is 22.3 Å². The van der Waals surface area contributed by atoms with Gasteiger partial charge in [0.1, 0.15) is 23.4 Å². The molecular weight excluding hydrogens is 834 g/mol. The van der Waals surface area contributed by atoms with Gasteiger partial charge in [-0.05, 0) is 82.6 Å². The molecule has 0 radical (unpaired) electrons. The summed E-state index contributed by atoms with van der Waals surface area (Å²) in [5, 5.41) is 11.0. The Morgan fingerprint density at radius 1 is 0.831 bits per heavy atom. The molecule has 1 aliphatic rings. The Kier molecular flexibility index (Phi) is 13.0. The third kappa shape index (κ3) is 9.44. The van der Waals surface area contributed by atoms with E-state index in [1.54, 1.807) is 70.5 Å². The van der Waals surface area contributed by atoms with Gasteiger partial charge in [-0.1, -0.05) is 97.1 Å². The highest BCUT2D eigenvalue weighted by molar-refractivity contribution is 6.10. The van der Waals surface area contributed by atoms with Gasteiger partial charge in [0.25, 0.3) is 11.8 Å². The number of amides is 2. The monoisotopic (exact) mass is 878 g/mol. The number of halogens is 3. The fourth-order valence-electron chi connectivity index (χ4n) is 8.49. The van der Waals surface area contributed by atoms with Gasteiger partial charge in [-0.15, -0.1) is 6.58 Å². The second-order valence-corrected chi connectivity index (χ2v) is 15.7. The van der Waals surface area contributed by atoms with Crippen LogP contribution in [0.4, 0.5) is 18.9 Å². The first-order chi connectivity index (χ1) is 31.4. The highest BCUT2D eigenvalue weighted by atomic mass is 19.4. The van der Waals surface area contributed by atoms with Gasteiger partial charge in [0, 0.05) is 48.6 Å². The van der Waals surface area contributed by atoms with E-state index >= 15 is 9.59 Å². The molecule has 330 valence electrons. The van der Waals surface area contributed by atoms with Crippen molar-refractivity contribution in [3.63, 3.8) is 0 Å². The van der Waals surface area contributed by atoms with Crippen LogP contribution in [0.5, 0.6) is 5.75 Å². The first-order valence-electron chi connectivity index (χ1n) is 21.1. The number of aliphatic hydroxyl groups excluding tert-OH is 1. The standard InChI is InChI=1S/C53H45F3N2O7/c1-3-12-48(64-34(2)60)50-49(45-32-41(63-30-11-29-59)25-27-46(45)58(50)51(61)38-23-21-36(22-24-38)35-13-5-4-6-14-35)57(52(62)44-20-10-16-37-15-7-8-19-43(37)44)33-42-26-28-47(65-42)39-17-9-18-40(31-39)53(54,55)56/h3-10,13-28,31-32,48-50,59H,1,11-12,29-30,33H2,2H3/t48?,49-,50+/m0/s1. The topological polar surface area (TPSA) is 110 Å². The molecule has 0 saturated carbocycles. The minimum Gasteiger partial charge on any atom is -0.493 e. The predicted octanol–water partition coefficient (Wildman–Crippen LogP) is 11.5. The molecule has 3 atom stereocenters. The van der Waals surface area contributed by atoms with E-state index in [-0.39, 0.29) is 43.3 Å². The first-order valence-corrected chi connectivity index (χ1v) is 21.1. The summed E-state index contributed by atoms with van der Waals surface area (Å²) in [5.74, 6) is -0.744. The van der Waals surface area contributed by atoms with Crippen LogP contribution in [0.25, 0.3) is 33.2 Å². The number of rotatable bonds is 15. The average Bonchev–Trinajstić information content (AvgIpc) is 3.93. The van der Waals surface area contributed by atoms with Crippen LogP contribution in [-0.4, -0.2) is 53.1 Å². The fraction of sp³-hybridized carbons (Fsp3) is 0.189. The molecule has 2 heterocycles. The van der Waals surface area contributed by atoms with E-state index in [4.69, 9.17) is 13.9 Å². The number of alkyl halides is 3. The van der Waals surface area contributed by atoms with Crippen molar-refractivity contribution in [1.82, 2.24) is 4.90 Å². The van der Waals surface area contributed by atoms with Crippen LogP contribution in [0.3, 0.4) is 0 Å². The summed E-state index contributed by atoms with van der Waals surface area (Å²) in [6, 6.07) is 40.6. The van der Waals surface area contributed by atoms with Crippen molar-refractivity contribution in [2.75, 3.05) is 18.1 Å². The predicted molar refractivity (Wildman–Crippen MR) is 242 cm³/mol. The number of nitrogens with zero attached hydrogens (tertiary/aromatic N) is 2. The summed E-state index contributed by atoms with van der Waals surface area (Å²) in [6.07, 6.45) is -3.62. The fourth-order valence-corrected chi connectivity index (χ4v) is 8.49. The molecule has 1 unspecified atom stereocenters. The van der Waals surface area contributed by atoms with Crippen molar-refractivity contribution in [2.24, 2.45) is 0 Å². The number of aliphatic hydroxyl groups is 1. The number of ether oxygens (including phenoxy) is 2. The van der Waals surface area contributed by atoms with Gasteiger partial charge in [-0.25, -0.2) is 0 Å². The molecule has 8 rings (SSSR count). The number of fused-ring (bicyclic) bond motifs is 2. The van der Waals surface area contributed by atoms with Crippen LogP contribution in [0.15, 0.2) is 169 Å². The molecule has 7 aromatic rings. The van der Waals surface area contributed by atoms with Crippen molar-refractivity contribution >= 4 is 34.2 Å². The maximum atomic E-state index is 15.6. The summed E-state index contributed by atoms with van der Waals surface area (Å²) in [4.78, 5) is 47.0. The summed E-state index contributed by atoms with van der Waals surface area (Å²) in [7, 11) is 0. The third-order valence-corrected chi connectivity index (χ3v) is 11.4. The van der Waals surface area contributed by atoms with E-state index in [1.165, 1.54) is 19.1 Å². The van der Waals surface area contributed by atoms with E-state index in [2.05, 4.69) is 6.58 Å². The van der Waals surface area contributed by atoms with E-state index in [0.29, 0.717) is 39.9 Å². The largest absolute Gasteiger partial charge is 0.493 e. The molecule has 2 amide bonds. The zero-order valence-electron chi connectivity index (χ0n) is 35.4. The maximum absolute atomic E-state index is 15.6. The summed E-state index contributed by atoms with van der Waals surface area (Å²) in [6.45, 7) is 5.07. The number of carbonyl (C=O) groups excluding carboxylic acids is 3. The van der Waals surface area contributed by atoms with Crippen LogP contribution >= 0.6 is 0 Å². The third-order valence-electron chi connectivity index (χ3n) is 11.4. The lowest BCUT2D eigenvalue weighted by molar-refractivity contribution is -0.148. The van der Waals surface area contributed by atoms with Crippen molar-refractivity contribution in [1.29, 1.82) is 0 Å². The second kappa shape index (κ2) is 19.1. The maximum Gasteiger partial charge on any atom is 0.416 e. The van der Waals surface area contributed by atoms with Crippen molar-refractivity contribution in [3.05, 3.63) is 192 Å². The molecule has 1 aliphatic heterocycles. The van der Waals surface area contributed by atoms with E-state index < -0.39 is 47.7 Å². The molecule has 0 aliphatic carbocycles. The van der Waals surface area contributed by atoms with Crippen LogP contribution in [0.1, 0.15) is 63.4 Å². The Balaban J connectivity index is 1.32. The van der Waals surface area contributed by atoms with Gasteiger partial charge in [0.15, 0.2) is 0 Å². The van der Waals surface area contributed by atoms with Gasteiger partial charge in [-0.3, -0.25) is 19.3 Å². The lowest BCUT2D eigenvalue weighted by Gasteiger charge is -2.39. The molecule has 65 heavy (non-hydrogen) atoms. The van der Waals surface area contributed by atoms with Crippen molar-refractivity contribution in [3.8, 4) is 28.2 Å². The molecule has 1 aromatic heterocycles. The van der Waals surface area contributed by atoms with E-state index in [9.17, 15) is 23.1 Å². The molecule has 0 bridgehead atoms. The number of esters is 1. The number of carbonyl (C=O) groups is 3. The highest BCUT2D eigenvalue weighted by Gasteiger charge is 2.51. The molecule has 0 saturated heterocycles. The molecule has 6 aromatic carbocycles. The quantitative estimate of drug-likeness (QED) is 0.0620. The van der Waals surface area contributed by atoms with E-state index in [0.717, 1.165) is 28.6 Å². The molecule has 0 fully saturated rings. The van der Waals surface area contributed by atoms with Crippen LogP contribution in [0, 0.1) is 0 Å². The summed E-state index contributed by atoms with van der Waals surface area (Å²) in [5.41, 5.74) is 2.76. The smallest absolute Gasteiger partial charge is 0.416 e. The van der Waals surface area contributed by atoms with Crippen molar-refractivity contribution in [2.45, 2.75) is 50.7 Å². The molecule has 9 nitrogen and oxygen atoms in total. The summed E-state index contributed by atoms with van der Waals surface area (Å²) < 4.78 is 59.8. The minimum atomic E-state index is -4.59. The molecule has 0 spiro atoms. The van der Waals surface area contributed by atoms with Crippen molar-refractivity contribution < 1.29 is 46.6 Å². The Labute approximate surface area is 373 Å². The highest BCUT2D eigenvalue weighted by Crippen LogP contribution is 2.49. The van der Waals surface area contributed by atoms with Gasteiger partial charge in [0.2, 0.25) is 0 Å². The normalized spacial score (nSPS) is 15.0. The minimum absolute atomic E-state index is 0.0854.